The number of sulfonamides is 1. The number of carbonyl (C=O) groups excluding carboxylic acids is 1. The summed E-state index contributed by atoms with van der Waals surface area (Å²) in [6.07, 6.45) is 1.66. The summed E-state index contributed by atoms with van der Waals surface area (Å²) in [5, 5.41) is 2.62. The van der Waals surface area contributed by atoms with Gasteiger partial charge in [-0.05, 0) is 49.7 Å². The molecule has 0 atom stereocenters. The van der Waals surface area contributed by atoms with Crippen molar-refractivity contribution in [3.05, 3.63) is 69.8 Å². The van der Waals surface area contributed by atoms with E-state index < -0.39 is 15.9 Å². The largest absolute Gasteiger partial charge is 0.316 e. The van der Waals surface area contributed by atoms with Gasteiger partial charge in [-0.15, -0.1) is 0 Å². The Balaban J connectivity index is 1.91. The van der Waals surface area contributed by atoms with Gasteiger partial charge >= 0.3 is 0 Å². The molecule has 30 heavy (non-hydrogen) atoms. The minimum absolute atomic E-state index is 0.0861. The highest BCUT2D eigenvalue weighted by molar-refractivity contribution is 7.89. The van der Waals surface area contributed by atoms with Gasteiger partial charge in [0.25, 0.3) is 11.5 Å². The fraction of sp³-hybridized carbons (Fsp3) is 0.286. The van der Waals surface area contributed by atoms with Crippen molar-refractivity contribution in [1.82, 2.24) is 13.7 Å². The summed E-state index contributed by atoms with van der Waals surface area (Å²) < 4.78 is 27.9. The standard InChI is InChI=1S/C21H24N4O4S/c1-5-24(6-2)30(28,29)17-10-8-16(9-11-17)20(26)23-19-15(4)22-18-12-7-14(3)13-25(18)21(19)27/h7-13H,5-6H2,1-4H3,(H,23,26). The molecule has 2 aromatic heterocycles. The highest BCUT2D eigenvalue weighted by Crippen LogP contribution is 2.17. The Bertz CT molecular complexity index is 1260. The molecule has 1 N–H and O–H groups in total. The summed E-state index contributed by atoms with van der Waals surface area (Å²) >= 11 is 0. The average molecular weight is 429 g/mol. The molecule has 1 aromatic carbocycles. The van der Waals surface area contributed by atoms with Gasteiger partial charge in [0.1, 0.15) is 11.3 Å². The zero-order valence-electron chi connectivity index (χ0n) is 17.3. The number of aromatic nitrogens is 2. The SMILES string of the molecule is CCN(CC)S(=O)(=O)c1ccc(C(=O)Nc2c(C)nc3ccc(C)cn3c2=O)cc1. The van der Waals surface area contributed by atoms with Crippen LogP contribution in [0.4, 0.5) is 5.69 Å². The zero-order valence-corrected chi connectivity index (χ0v) is 18.2. The molecule has 9 heteroatoms. The van der Waals surface area contributed by atoms with Crippen LogP contribution in [0.25, 0.3) is 5.65 Å². The molecule has 0 spiro atoms. The van der Waals surface area contributed by atoms with E-state index in [1.807, 2.05) is 13.0 Å². The molecule has 3 aromatic rings. The second kappa shape index (κ2) is 8.37. The second-order valence-electron chi connectivity index (χ2n) is 6.88. The van der Waals surface area contributed by atoms with E-state index >= 15 is 0 Å². The van der Waals surface area contributed by atoms with Crippen LogP contribution in [0.5, 0.6) is 0 Å². The number of nitrogens with zero attached hydrogens (tertiary/aromatic N) is 3. The number of amides is 1. The van der Waals surface area contributed by atoms with E-state index in [0.717, 1.165) is 5.56 Å². The Kier molecular flexibility index (Phi) is 6.04. The molecule has 0 saturated heterocycles. The fourth-order valence-corrected chi connectivity index (χ4v) is 4.63. The number of fused-ring (bicyclic) bond motifs is 1. The van der Waals surface area contributed by atoms with E-state index in [0.29, 0.717) is 24.4 Å². The summed E-state index contributed by atoms with van der Waals surface area (Å²) in [5.41, 5.74) is 1.72. The van der Waals surface area contributed by atoms with E-state index in [2.05, 4.69) is 10.3 Å². The Morgan fingerprint density at radius 1 is 1.07 bits per heavy atom. The molecule has 8 nitrogen and oxygen atoms in total. The third kappa shape index (κ3) is 3.99. The number of aryl methyl sites for hydroxylation is 2. The van der Waals surface area contributed by atoms with Crippen molar-refractivity contribution in [2.45, 2.75) is 32.6 Å². The van der Waals surface area contributed by atoms with Crippen molar-refractivity contribution in [3.63, 3.8) is 0 Å². The molecule has 1 amide bonds. The molecule has 0 saturated carbocycles. The summed E-state index contributed by atoms with van der Waals surface area (Å²) in [6.45, 7) is 7.76. The average Bonchev–Trinajstić information content (AvgIpc) is 2.72. The monoisotopic (exact) mass is 428 g/mol. The van der Waals surface area contributed by atoms with Gasteiger partial charge in [0.2, 0.25) is 10.0 Å². The normalized spacial score (nSPS) is 11.8. The quantitative estimate of drug-likeness (QED) is 0.650. The fourth-order valence-electron chi connectivity index (χ4n) is 3.18. The Morgan fingerprint density at radius 2 is 1.70 bits per heavy atom. The van der Waals surface area contributed by atoms with E-state index in [1.165, 1.54) is 33.0 Å². The van der Waals surface area contributed by atoms with Crippen LogP contribution in [0.1, 0.15) is 35.5 Å². The molecule has 158 valence electrons. The first-order chi connectivity index (χ1) is 14.2. The van der Waals surface area contributed by atoms with Crippen LogP contribution in [0.2, 0.25) is 0 Å². The van der Waals surface area contributed by atoms with Gasteiger partial charge in [-0.1, -0.05) is 19.9 Å². The van der Waals surface area contributed by atoms with Crippen LogP contribution in [0.15, 0.2) is 52.3 Å². The molecular formula is C21H24N4O4S. The lowest BCUT2D eigenvalue weighted by Crippen LogP contribution is -2.30. The molecule has 0 fully saturated rings. The van der Waals surface area contributed by atoms with Crippen LogP contribution < -0.4 is 10.9 Å². The third-order valence-electron chi connectivity index (χ3n) is 4.85. The summed E-state index contributed by atoms with van der Waals surface area (Å²) in [6, 6.07) is 9.24. The number of anilines is 1. The molecule has 0 unspecified atom stereocenters. The second-order valence-corrected chi connectivity index (χ2v) is 8.82. The van der Waals surface area contributed by atoms with Gasteiger partial charge in [0.05, 0.1) is 10.6 Å². The first-order valence-corrected chi connectivity index (χ1v) is 11.0. The predicted molar refractivity (Wildman–Crippen MR) is 115 cm³/mol. The maximum Gasteiger partial charge on any atom is 0.281 e. The molecule has 0 radical (unpaired) electrons. The first-order valence-electron chi connectivity index (χ1n) is 9.60. The Hall–Kier alpha value is -3.04. The Morgan fingerprint density at radius 3 is 2.30 bits per heavy atom. The Labute approximate surface area is 175 Å². The number of rotatable bonds is 6. The van der Waals surface area contributed by atoms with Crippen LogP contribution in [-0.2, 0) is 10.0 Å². The van der Waals surface area contributed by atoms with Gasteiger partial charge in [0.15, 0.2) is 0 Å². The molecule has 0 aliphatic carbocycles. The van der Waals surface area contributed by atoms with Gasteiger partial charge in [0, 0.05) is 24.8 Å². The van der Waals surface area contributed by atoms with E-state index in [4.69, 9.17) is 0 Å². The maximum atomic E-state index is 12.8. The first kappa shape index (κ1) is 21.7. The van der Waals surface area contributed by atoms with E-state index in [9.17, 15) is 18.0 Å². The zero-order chi connectivity index (χ0) is 22.1. The lowest BCUT2D eigenvalue weighted by atomic mass is 10.2. The number of benzene rings is 1. The lowest BCUT2D eigenvalue weighted by molar-refractivity contribution is 0.102. The number of nitrogens with one attached hydrogen (secondary N) is 1. The van der Waals surface area contributed by atoms with Crippen molar-refractivity contribution in [2.24, 2.45) is 0 Å². The molecule has 2 heterocycles. The minimum Gasteiger partial charge on any atom is -0.316 e. The third-order valence-corrected chi connectivity index (χ3v) is 6.91. The van der Waals surface area contributed by atoms with Crippen molar-refractivity contribution in [1.29, 1.82) is 0 Å². The van der Waals surface area contributed by atoms with Crippen LogP contribution in [0.3, 0.4) is 0 Å². The van der Waals surface area contributed by atoms with Crippen molar-refractivity contribution in [3.8, 4) is 0 Å². The summed E-state index contributed by atoms with van der Waals surface area (Å²) in [7, 11) is -3.61. The van der Waals surface area contributed by atoms with Gasteiger partial charge < -0.3 is 5.32 Å². The van der Waals surface area contributed by atoms with Crippen LogP contribution in [-0.4, -0.2) is 41.1 Å². The molecular weight excluding hydrogens is 404 g/mol. The van der Waals surface area contributed by atoms with Crippen molar-refractivity contribution >= 4 is 27.3 Å². The predicted octanol–water partition coefficient (Wildman–Crippen LogP) is 2.59. The minimum atomic E-state index is -3.61. The number of hydrogen-bond acceptors (Lipinski definition) is 5. The molecule has 0 aliphatic rings. The topological polar surface area (TPSA) is 101 Å². The van der Waals surface area contributed by atoms with E-state index in [1.54, 1.807) is 33.0 Å². The van der Waals surface area contributed by atoms with Crippen molar-refractivity contribution < 1.29 is 13.2 Å². The number of carbonyl (C=O) groups is 1. The molecule has 3 rings (SSSR count). The lowest BCUT2D eigenvalue weighted by Gasteiger charge is -2.18. The van der Waals surface area contributed by atoms with Gasteiger partial charge in [-0.2, -0.15) is 4.31 Å². The van der Waals surface area contributed by atoms with E-state index in [-0.39, 0.29) is 21.7 Å². The molecule has 0 aliphatic heterocycles. The number of hydrogen-bond donors (Lipinski definition) is 1. The highest BCUT2D eigenvalue weighted by atomic mass is 32.2. The van der Waals surface area contributed by atoms with Crippen LogP contribution >= 0.6 is 0 Å². The van der Waals surface area contributed by atoms with Gasteiger partial charge in [-0.25, -0.2) is 13.4 Å². The maximum absolute atomic E-state index is 12.8. The van der Waals surface area contributed by atoms with Gasteiger partial charge in [-0.3, -0.25) is 14.0 Å². The number of pyridine rings is 1. The smallest absolute Gasteiger partial charge is 0.281 e. The van der Waals surface area contributed by atoms with Crippen LogP contribution in [0, 0.1) is 13.8 Å². The molecule has 0 bridgehead atoms. The summed E-state index contributed by atoms with van der Waals surface area (Å²) in [4.78, 5) is 30.0. The highest BCUT2D eigenvalue weighted by Gasteiger charge is 2.22. The van der Waals surface area contributed by atoms with Crippen molar-refractivity contribution in [2.75, 3.05) is 18.4 Å². The summed E-state index contributed by atoms with van der Waals surface area (Å²) in [5.74, 6) is -0.517.